The first kappa shape index (κ1) is 31.9. The van der Waals surface area contributed by atoms with Crippen molar-refractivity contribution in [3.63, 3.8) is 0 Å². The van der Waals surface area contributed by atoms with Gasteiger partial charge < -0.3 is 4.57 Å². The molecule has 0 saturated heterocycles. The van der Waals surface area contributed by atoms with Gasteiger partial charge in [-0.15, -0.1) is 11.3 Å². The molecule has 8 aromatic carbocycles. The Bertz CT molecular complexity index is 3470. The van der Waals surface area contributed by atoms with Gasteiger partial charge in [-0.2, -0.15) is 9.97 Å². The predicted octanol–water partition coefficient (Wildman–Crippen LogP) is 13.4. The third kappa shape index (κ3) is 4.98. The lowest BCUT2D eigenvalue weighted by Gasteiger charge is -2.14. The second-order valence-electron chi connectivity index (χ2n) is 14.4. The van der Waals surface area contributed by atoms with Gasteiger partial charge in [-0.05, 0) is 53.6 Å². The Labute approximate surface area is 331 Å². The minimum Gasteiger partial charge on any atom is -0.307 e. The molecule has 5 nitrogen and oxygen atoms in total. The first-order chi connectivity index (χ1) is 28.3. The fourth-order valence-corrected chi connectivity index (χ4v) is 9.69. The number of nitrogens with zero attached hydrogens (tertiary/aromatic N) is 5. The molecular weight excluding hydrogens is 715 g/mol. The number of thiophene rings is 1. The monoisotopic (exact) mass is 745 g/mol. The van der Waals surface area contributed by atoms with Crippen LogP contribution in [0.1, 0.15) is 0 Å². The molecule has 0 bridgehead atoms. The molecule has 0 saturated carbocycles. The van der Waals surface area contributed by atoms with Crippen molar-refractivity contribution < 1.29 is 0 Å². The highest BCUT2D eigenvalue weighted by Gasteiger charge is 2.23. The molecule has 0 spiro atoms. The Hall–Kier alpha value is -7.41. The number of hydrogen-bond acceptors (Lipinski definition) is 4. The van der Waals surface area contributed by atoms with Crippen molar-refractivity contribution >= 4 is 75.1 Å². The summed E-state index contributed by atoms with van der Waals surface area (Å²) in [5, 5.41) is 7.23. The Morgan fingerprint density at radius 3 is 1.54 bits per heavy atom. The van der Waals surface area contributed by atoms with E-state index in [-0.39, 0.29) is 0 Å². The highest BCUT2D eigenvalue weighted by atomic mass is 32.1. The van der Waals surface area contributed by atoms with Gasteiger partial charge in [-0.1, -0.05) is 146 Å². The second kappa shape index (κ2) is 12.6. The lowest BCUT2D eigenvalue weighted by atomic mass is 10.0. The molecule has 0 aliphatic heterocycles. The molecule has 0 atom stereocenters. The van der Waals surface area contributed by atoms with E-state index in [1.165, 1.54) is 42.1 Å². The first-order valence-corrected chi connectivity index (χ1v) is 19.9. The maximum atomic E-state index is 5.26. The molecule has 0 fully saturated rings. The molecule has 0 amide bonds. The van der Waals surface area contributed by atoms with Crippen molar-refractivity contribution in [3.05, 3.63) is 188 Å². The minimum atomic E-state index is 0.572. The molecule has 57 heavy (non-hydrogen) atoms. The number of rotatable bonds is 5. The van der Waals surface area contributed by atoms with Crippen LogP contribution in [0.15, 0.2) is 188 Å². The second-order valence-corrected chi connectivity index (χ2v) is 15.5. The van der Waals surface area contributed by atoms with Crippen molar-refractivity contribution in [2.24, 2.45) is 0 Å². The Kier molecular flexibility index (Phi) is 7.03. The van der Waals surface area contributed by atoms with E-state index < -0.39 is 0 Å². The zero-order chi connectivity index (χ0) is 37.5. The molecule has 0 N–H and O–H groups in total. The number of hydrogen-bond donors (Lipinski definition) is 0. The van der Waals surface area contributed by atoms with E-state index in [9.17, 15) is 0 Å². The molecule has 266 valence electrons. The zero-order valence-corrected chi connectivity index (χ0v) is 31.4. The normalized spacial score (nSPS) is 11.9. The first-order valence-electron chi connectivity index (χ1n) is 19.1. The third-order valence-corrected chi connectivity index (χ3v) is 12.3. The standard InChI is InChI=1S/C51H31N5S/c1-3-14-32(15-4-1)49-52-50(33-16-5-2-6-17-33)54-51(53-49)56-44-24-11-8-21-38(44)41-28-27-40-37-20-7-10-23-43(37)55(47(40)48(41)56)36-19-13-18-34(30-36)35-26-29-46-42(31-35)39-22-9-12-25-45(39)57-46/h1-31H. The average Bonchev–Trinajstić information content (AvgIpc) is 3.94. The fourth-order valence-electron chi connectivity index (χ4n) is 8.60. The van der Waals surface area contributed by atoms with E-state index in [4.69, 9.17) is 15.0 Å². The van der Waals surface area contributed by atoms with Crippen LogP contribution in [0, 0.1) is 0 Å². The highest BCUT2D eigenvalue weighted by Crippen LogP contribution is 2.42. The van der Waals surface area contributed by atoms with Crippen LogP contribution >= 0.6 is 11.3 Å². The van der Waals surface area contributed by atoms with Crippen LogP contribution in [0.25, 0.3) is 109 Å². The summed E-state index contributed by atoms with van der Waals surface area (Å²) in [7, 11) is 0. The van der Waals surface area contributed by atoms with Gasteiger partial charge in [0.05, 0.1) is 22.1 Å². The van der Waals surface area contributed by atoms with Crippen LogP contribution in [0.2, 0.25) is 0 Å². The van der Waals surface area contributed by atoms with Crippen LogP contribution in [0.4, 0.5) is 0 Å². The molecule has 0 aliphatic carbocycles. The minimum absolute atomic E-state index is 0.572. The van der Waals surface area contributed by atoms with E-state index >= 15 is 0 Å². The van der Waals surface area contributed by atoms with Crippen LogP contribution in [0.5, 0.6) is 0 Å². The van der Waals surface area contributed by atoms with Crippen LogP contribution < -0.4 is 0 Å². The quantitative estimate of drug-likeness (QED) is 0.176. The van der Waals surface area contributed by atoms with Gasteiger partial charge in [0.15, 0.2) is 11.6 Å². The van der Waals surface area contributed by atoms with Gasteiger partial charge in [0.2, 0.25) is 5.95 Å². The summed E-state index contributed by atoms with van der Waals surface area (Å²) >= 11 is 1.85. The maximum absolute atomic E-state index is 5.26. The molecule has 4 heterocycles. The number of para-hydroxylation sites is 2. The predicted molar refractivity (Wildman–Crippen MR) is 238 cm³/mol. The zero-order valence-electron chi connectivity index (χ0n) is 30.5. The summed E-state index contributed by atoms with van der Waals surface area (Å²) in [6.45, 7) is 0. The number of benzene rings is 8. The molecular formula is C51H31N5S. The van der Waals surface area contributed by atoms with Crippen molar-refractivity contribution in [2.75, 3.05) is 0 Å². The van der Waals surface area contributed by atoms with E-state index in [2.05, 4.69) is 161 Å². The summed E-state index contributed by atoms with van der Waals surface area (Å²) < 4.78 is 7.30. The molecule has 12 rings (SSSR count). The molecule has 6 heteroatoms. The van der Waals surface area contributed by atoms with E-state index in [1.807, 2.05) is 47.7 Å². The molecule has 0 unspecified atom stereocenters. The lowest BCUT2D eigenvalue weighted by Crippen LogP contribution is -2.07. The Morgan fingerprint density at radius 1 is 0.333 bits per heavy atom. The summed E-state index contributed by atoms with van der Waals surface area (Å²) in [6, 6.07) is 66.8. The van der Waals surface area contributed by atoms with Crippen molar-refractivity contribution in [3.8, 4) is 45.5 Å². The van der Waals surface area contributed by atoms with Gasteiger partial charge in [0, 0.05) is 58.5 Å². The van der Waals surface area contributed by atoms with Crippen LogP contribution in [0.3, 0.4) is 0 Å². The fraction of sp³-hybridized carbons (Fsp3) is 0. The summed E-state index contributed by atoms with van der Waals surface area (Å²) in [4.78, 5) is 15.6. The van der Waals surface area contributed by atoms with Crippen molar-refractivity contribution in [1.82, 2.24) is 24.1 Å². The number of fused-ring (bicyclic) bond motifs is 10. The highest BCUT2D eigenvalue weighted by molar-refractivity contribution is 7.25. The topological polar surface area (TPSA) is 48.5 Å². The van der Waals surface area contributed by atoms with Crippen LogP contribution in [-0.4, -0.2) is 24.1 Å². The number of aromatic nitrogens is 5. The smallest absolute Gasteiger partial charge is 0.238 e. The lowest BCUT2D eigenvalue weighted by molar-refractivity contribution is 0.953. The molecule has 0 aliphatic rings. The van der Waals surface area contributed by atoms with E-state index in [0.717, 1.165) is 49.7 Å². The summed E-state index contributed by atoms with van der Waals surface area (Å²) in [6.07, 6.45) is 0. The Morgan fingerprint density at radius 2 is 0.860 bits per heavy atom. The molecule has 4 aromatic heterocycles. The van der Waals surface area contributed by atoms with Gasteiger partial charge in [-0.25, -0.2) is 4.98 Å². The van der Waals surface area contributed by atoms with Gasteiger partial charge in [-0.3, -0.25) is 4.57 Å². The summed E-state index contributed by atoms with van der Waals surface area (Å²) in [5.74, 6) is 1.82. The third-order valence-electron chi connectivity index (χ3n) is 11.2. The van der Waals surface area contributed by atoms with Gasteiger partial charge in [0.1, 0.15) is 0 Å². The van der Waals surface area contributed by atoms with Gasteiger partial charge >= 0.3 is 0 Å². The SMILES string of the molecule is c1ccc(-c2nc(-c3ccccc3)nc(-n3c4ccccc4c4ccc5c6ccccc6n(-c6cccc(-c7ccc8sc9ccccc9c8c7)c6)c5c43)n2)cc1. The van der Waals surface area contributed by atoms with E-state index in [0.29, 0.717) is 17.6 Å². The maximum Gasteiger partial charge on any atom is 0.238 e. The largest absolute Gasteiger partial charge is 0.307 e. The van der Waals surface area contributed by atoms with Crippen molar-refractivity contribution in [2.45, 2.75) is 0 Å². The van der Waals surface area contributed by atoms with Gasteiger partial charge in [0.25, 0.3) is 0 Å². The summed E-state index contributed by atoms with van der Waals surface area (Å²) in [5.41, 5.74) is 9.64. The average molecular weight is 746 g/mol. The van der Waals surface area contributed by atoms with E-state index in [1.54, 1.807) is 0 Å². The van der Waals surface area contributed by atoms with Crippen molar-refractivity contribution in [1.29, 1.82) is 0 Å². The Balaban J connectivity index is 1.16. The molecule has 0 radical (unpaired) electrons. The van der Waals surface area contributed by atoms with Crippen LogP contribution in [-0.2, 0) is 0 Å². The molecule has 12 aromatic rings.